The second-order valence-corrected chi connectivity index (χ2v) is 5.53. The molecule has 8 heteroatoms. The van der Waals surface area contributed by atoms with E-state index in [-0.39, 0.29) is 24.4 Å². The predicted octanol–water partition coefficient (Wildman–Crippen LogP) is 2.43. The molecule has 1 amide bonds. The molecule has 21 heavy (non-hydrogen) atoms. The fourth-order valence-corrected chi connectivity index (χ4v) is 2.42. The fraction of sp³-hybridized carbons (Fsp3) is 0.308. The number of hydrogen-bond donors (Lipinski definition) is 2. The maximum Gasteiger partial charge on any atom is 0.347 e. The van der Waals surface area contributed by atoms with E-state index in [0.29, 0.717) is 15.2 Å². The Morgan fingerprint density at radius 3 is 2.95 bits per heavy atom. The van der Waals surface area contributed by atoms with Gasteiger partial charge in [0.25, 0.3) is 5.91 Å². The van der Waals surface area contributed by atoms with Crippen LogP contribution >= 0.6 is 27.5 Å². The molecule has 0 saturated heterocycles. The Hall–Kier alpha value is -1.60. The average molecular weight is 376 g/mol. The molecular weight excluding hydrogens is 364 g/mol. The van der Waals surface area contributed by atoms with Gasteiger partial charge in [-0.3, -0.25) is 4.79 Å². The summed E-state index contributed by atoms with van der Waals surface area (Å²) >= 11 is 9.05. The van der Waals surface area contributed by atoms with Gasteiger partial charge >= 0.3 is 5.97 Å². The molecule has 0 fully saturated rings. The standard InChI is InChI=1S/C13H12BrClN2O4/c1-2-21-13(20)10-9(18)4-8(17-12(10)19)6-3-7(14)11(15)16-5-6/h3,5,8,18H,2,4H2,1H3,(H,17,19). The smallest absolute Gasteiger partial charge is 0.347 e. The Balaban J connectivity index is 2.27. The van der Waals surface area contributed by atoms with E-state index in [0.717, 1.165) is 0 Å². The second-order valence-electron chi connectivity index (χ2n) is 4.31. The van der Waals surface area contributed by atoms with E-state index < -0.39 is 17.9 Å². The van der Waals surface area contributed by atoms with E-state index in [1.165, 1.54) is 6.20 Å². The van der Waals surface area contributed by atoms with Crippen LogP contribution in [0.1, 0.15) is 24.9 Å². The van der Waals surface area contributed by atoms with Crippen molar-refractivity contribution in [3.05, 3.63) is 38.8 Å². The van der Waals surface area contributed by atoms with Crippen molar-refractivity contribution in [3.63, 3.8) is 0 Å². The summed E-state index contributed by atoms with van der Waals surface area (Å²) in [6, 6.07) is 1.21. The summed E-state index contributed by atoms with van der Waals surface area (Å²) in [7, 11) is 0. The molecule has 1 aromatic rings. The number of esters is 1. The third-order valence-electron chi connectivity index (χ3n) is 2.92. The van der Waals surface area contributed by atoms with Gasteiger partial charge in [-0.15, -0.1) is 0 Å². The van der Waals surface area contributed by atoms with Gasteiger partial charge in [-0.2, -0.15) is 0 Å². The van der Waals surface area contributed by atoms with Crippen molar-refractivity contribution in [3.8, 4) is 0 Å². The van der Waals surface area contributed by atoms with Crippen molar-refractivity contribution in [2.24, 2.45) is 0 Å². The lowest BCUT2D eigenvalue weighted by Gasteiger charge is -2.24. The van der Waals surface area contributed by atoms with Crippen LogP contribution in [0.5, 0.6) is 0 Å². The first kappa shape index (κ1) is 15.8. The molecule has 2 N–H and O–H groups in total. The highest BCUT2D eigenvalue weighted by Crippen LogP contribution is 2.30. The summed E-state index contributed by atoms with van der Waals surface area (Å²) in [5.74, 6) is -1.80. The zero-order chi connectivity index (χ0) is 15.6. The van der Waals surface area contributed by atoms with E-state index in [9.17, 15) is 14.7 Å². The Kier molecular flexibility index (Phi) is 4.84. The van der Waals surface area contributed by atoms with Gasteiger partial charge < -0.3 is 15.2 Å². The maximum atomic E-state index is 12.0. The molecule has 1 aliphatic heterocycles. The number of nitrogens with one attached hydrogen (secondary N) is 1. The highest BCUT2D eigenvalue weighted by molar-refractivity contribution is 9.10. The van der Waals surface area contributed by atoms with E-state index >= 15 is 0 Å². The number of carbonyl (C=O) groups is 2. The third kappa shape index (κ3) is 3.36. The Labute approximate surface area is 134 Å². The number of amides is 1. The second kappa shape index (κ2) is 6.44. The van der Waals surface area contributed by atoms with Crippen LogP contribution in [-0.2, 0) is 14.3 Å². The van der Waals surface area contributed by atoms with Crippen molar-refractivity contribution in [1.82, 2.24) is 10.3 Å². The van der Waals surface area contributed by atoms with Gasteiger partial charge in [0.1, 0.15) is 10.9 Å². The molecule has 1 aliphatic rings. The number of carbonyl (C=O) groups excluding carboxylic acids is 2. The largest absolute Gasteiger partial charge is 0.511 e. The van der Waals surface area contributed by atoms with E-state index in [1.54, 1.807) is 13.0 Å². The Bertz CT molecular complexity index is 633. The quantitative estimate of drug-likeness (QED) is 0.481. The zero-order valence-corrected chi connectivity index (χ0v) is 13.4. The van der Waals surface area contributed by atoms with Crippen molar-refractivity contribution in [2.75, 3.05) is 6.61 Å². The molecule has 2 rings (SSSR count). The number of aliphatic hydroxyl groups is 1. The van der Waals surface area contributed by atoms with Crippen molar-refractivity contribution in [1.29, 1.82) is 0 Å². The van der Waals surface area contributed by atoms with Crippen LogP contribution in [0.4, 0.5) is 0 Å². The summed E-state index contributed by atoms with van der Waals surface area (Å²) < 4.78 is 5.32. The molecule has 112 valence electrons. The molecule has 0 aliphatic carbocycles. The van der Waals surface area contributed by atoms with Gasteiger partial charge in [0, 0.05) is 12.6 Å². The van der Waals surface area contributed by atoms with Gasteiger partial charge in [-0.25, -0.2) is 9.78 Å². The van der Waals surface area contributed by atoms with E-state index in [4.69, 9.17) is 16.3 Å². The molecule has 2 heterocycles. The fourth-order valence-electron chi connectivity index (χ4n) is 1.95. The normalized spacial score (nSPS) is 18.4. The minimum Gasteiger partial charge on any atom is -0.511 e. The average Bonchev–Trinajstić information content (AvgIpc) is 2.41. The highest BCUT2D eigenvalue weighted by Gasteiger charge is 2.33. The Morgan fingerprint density at radius 2 is 2.38 bits per heavy atom. The highest BCUT2D eigenvalue weighted by atomic mass is 79.9. The lowest BCUT2D eigenvalue weighted by atomic mass is 9.97. The number of nitrogens with zero attached hydrogens (tertiary/aromatic N) is 1. The lowest BCUT2D eigenvalue weighted by molar-refractivity contribution is -0.141. The molecule has 1 atom stereocenters. The van der Waals surface area contributed by atoms with Gasteiger partial charge in [-0.1, -0.05) is 11.6 Å². The monoisotopic (exact) mass is 374 g/mol. The zero-order valence-electron chi connectivity index (χ0n) is 11.0. The Morgan fingerprint density at radius 1 is 1.67 bits per heavy atom. The van der Waals surface area contributed by atoms with Crippen molar-refractivity contribution in [2.45, 2.75) is 19.4 Å². The maximum absolute atomic E-state index is 12.0. The molecule has 0 aromatic carbocycles. The number of ether oxygens (including phenoxy) is 1. The molecule has 0 bridgehead atoms. The van der Waals surface area contributed by atoms with Crippen LogP contribution < -0.4 is 5.32 Å². The summed E-state index contributed by atoms with van der Waals surface area (Å²) in [6.07, 6.45) is 1.58. The summed E-state index contributed by atoms with van der Waals surface area (Å²) in [5.41, 5.74) is 0.308. The number of aliphatic hydroxyl groups excluding tert-OH is 1. The minimum absolute atomic E-state index is 0.0790. The molecule has 1 unspecified atom stereocenters. The number of rotatable bonds is 3. The molecule has 1 aromatic heterocycles. The summed E-state index contributed by atoms with van der Waals surface area (Å²) in [5, 5.41) is 12.9. The third-order valence-corrected chi connectivity index (χ3v) is 4.05. The predicted molar refractivity (Wildman–Crippen MR) is 78.7 cm³/mol. The van der Waals surface area contributed by atoms with Gasteiger partial charge in [-0.05, 0) is 34.5 Å². The molecule has 6 nitrogen and oxygen atoms in total. The van der Waals surface area contributed by atoms with E-state index in [2.05, 4.69) is 26.2 Å². The van der Waals surface area contributed by atoms with Crippen LogP contribution in [-0.4, -0.2) is 28.6 Å². The van der Waals surface area contributed by atoms with Crippen molar-refractivity contribution < 1.29 is 19.4 Å². The summed E-state index contributed by atoms with van der Waals surface area (Å²) in [6.45, 7) is 1.75. The lowest BCUT2D eigenvalue weighted by Crippen LogP contribution is -2.38. The first-order valence-corrected chi connectivity index (χ1v) is 7.32. The summed E-state index contributed by atoms with van der Waals surface area (Å²) in [4.78, 5) is 27.6. The van der Waals surface area contributed by atoms with Crippen LogP contribution in [0.25, 0.3) is 0 Å². The first-order valence-electron chi connectivity index (χ1n) is 6.15. The molecule has 0 radical (unpaired) electrons. The SMILES string of the molecule is CCOC(=O)C1=C(O)CC(c2cnc(Cl)c(Br)c2)NC1=O. The number of aromatic nitrogens is 1. The first-order chi connectivity index (χ1) is 9.93. The van der Waals surface area contributed by atoms with Crippen LogP contribution in [0.2, 0.25) is 5.15 Å². The van der Waals surface area contributed by atoms with Gasteiger partial charge in [0.15, 0.2) is 5.57 Å². The van der Waals surface area contributed by atoms with Gasteiger partial charge in [0.05, 0.1) is 17.1 Å². The van der Waals surface area contributed by atoms with Crippen LogP contribution in [0, 0.1) is 0 Å². The van der Waals surface area contributed by atoms with Crippen molar-refractivity contribution >= 4 is 39.4 Å². The number of hydrogen-bond acceptors (Lipinski definition) is 5. The number of halogens is 2. The minimum atomic E-state index is -0.832. The topological polar surface area (TPSA) is 88.5 Å². The van der Waals surface area contributed by atoms with Gasteiger partial charge in [0.2, 0.25) is 0 Å². The molecular formula is C13H12BrClN2O4. The number of pyridine rings is 1. The van der Waals surface area contributed by atoms with Crippen LogP contribution in [0.3, 0.4) is 0 Å². The van der Waals surface area contributed by atoms with E-state index in [1.807, 2.05) is 0 Å². The molecule has 0 saturated carbocycles. The van der Waals surface area contributed by atoms with Crippen LogP contribution in [0.15, 0.2) is 28.1 Å². The molecule has 0 spiro atoms.